The number of piperidine rings is 1. The van der Waals surface area contributed by atoms with Crippen molar-refractivity contribution in [3.05, 3.63) is 66.5 Å². The lowest BCUT2D eigenvalue weighted by atomic mass is 9.94. The molecule has 4 aromatic heterocycles. The van der Waals surface area contributed by atoms with E-state index < -0.39 is 0 Å². The lowest BCUT2D eigenvalue weighted by molar-refractivity contribution is 0.454. The summed E-state index contributed by atoms with van der Waals surface area (Å²) in [6, 6.07) is 18.7. The standard InChI is InChI=1S/C24H22N6/c1-2-11-26-19(5-1)16-4-3-6-20-17(16)14-22(27-20)24-23-21(29-30-24)8-7-18(28-23)15-9-12-25-13-10-15/h1-8,11,14-15,25,27H,9-10,12-13H2,(H,29,30). The molecule has 0 radical (unpaired) electrons. The van der Waals surface area contributed by atoms with Crippen molar-refractivity contribution < 1.29 is 0 Å². The van der Waals surface area contributed by atoms with E-state index in [2.05, 4.69) is 61.9 Å². The van der Waals surface area contributed by atoms with Crippen LogP contribution in [0.1, 0.15) is 24.5 Å². The highest BCUT2D eigenvalue weighted by molar-refractivity contribution is 5.99. The Hall–Kier alpha value is -3.51. The molecule has 0 spiro atoms. The van der Waals surface area contributed by atoms with Crippen LogP contribution in [0.4, 0.5) is 0 Å². The summed E-state index contributed by atoms with van der Waals surface area (Å²) in [7, 11) is 0. The number of aromatic nitrogens is 5. The van der Waals surface area contributed by atoms with E-state index in [1.54, 1.807) is 0 Å². The first-order chi connectivity index (χ1) is 14.9. The van der Waals surface area contributed by atoms with Gasteiger partial charge in [-0.15, -0.1) is 0 Å². The Balaban J connectivity index is 1.47. The first kappa shape index (κ1) is 17.4. The topological polar surface area (TPSA) is 82.3 Å². The van der Waals surface area contributed by atoms with Crippen molar-refractivity contribution in [3.8, 4) is 22.6 Å². The van der Waals surface area contributed by atoms with Gasteiger partial charge in [0.25, 0.3) is 0 Å². The van der Waals surface area contributed by atoms with Gasteiger partial charge in [0.2, 0.25) is 0 Å². The Labute approximate surface area is 173 Å². The molecule has 5 aromatic rings. The van der Waals surface area contributed by atoms with E-state index in [0.29, 0.717) is 5.92 Å². The van der Waals surface area contributed by atoms with Crippen LogP contribution in [0, 0.1) is 0 Å². The monoisotopic (exact) mass is 394 g/mol. The molecule has 1 fully saturated rings. The van der Waals surface area contributed by atoms with Crippen LogP contribution < -0.4 is 5.32 Å². The fourth-order valence-corrected chi connectivity index (χ4v) is 4.48. The molecule has 148 valence electrons. The van der Waals surface area contributed by atoms with Crippen LogP contribution in [0.3, 0.4) is 0 Å². The van der Waals surface area contributed by atoms with E-state index in [1.807, 2.05) is 24.4 Å². The molecule has 6 heteroatoms. The molecule has 1 aromatic carbocycles. The molecule has 0 saturated carbocycles. The minimum atomic E-state index is 0.511. The highest BCUT2D eigenvalue weighted by atomic mass is 15.1. The van der Waals surface area contributed by atoms with Crippen molar-refractivity contribution in [3.63, 3.8) is 0 Å². The molecule has 6 nitrogen and oxygen atoms in total. The Morgan fingerprint density at radius 2 is 1.83 bits per heavy atom. The summed E-state index contributed by atoms with van der Waals surface area (Å²) in [6.07, 6.45) is 4.09. The third-order valence-electron chi connectivity index (χ3n) is 6.05. The Morgan fingerprint density at radius 3 is 2.70 bits per heavy atom. The third-order valence-corrected chi connectivity index (χ3v) is 6.05. The molecule has 3 N–H and O–H groups in total. The van der Waals surface area contributed by atoms with Gasteiger partial charge < -0.3 is 10.3 Å². The summed E-state index contributed by atoms with van der Waals surface area (Å²) in [5.74, 6) is 0.511. The zero-order valence-electron chi connectivity index (χ0n) is 16.5. The molecule has 1 saturated heterocycles. The van der Waals surface area contributed by atoms with Gasteiger partial charge in [-0.2, -0.15) is 5.10 Å². The van der Waals surface area contributed by atoms with Gasteiger partial charge >= 0.3 is 0 Å². The number of rotatable bonds is 3. The molecular weight excluding hydrogens is 372 g/mol. The van der Waals surface area contributed by atoms with E-state index >= 15 is 0 Å². The van der Waals surface area contributed by atoms with Gasteiger partial charge in [-0.25, -0.2) is 4.98 Å². The van der Waals surface area contributed by atoms with Gasteiger partial charge in [-0.3, -0.25) is 10.1 Å². The minimum Gasteiger partial charge on any atom is -0.353 e. The fraction of sp³-hybridized carbons (Fsp3) is 0.208. The maximum Gasteiger partial charge on any atom is 0.135 e. The van der Waals surface area contributed by atoms with E-state index in [-0.39, 0.29) is 0 Å². The first-order valence-electron chi connectivity index (χ1n) is 10.5. The smallest absolute Gasteiger partial charge is 0.135 e. The second kappa shape index (κ2) is 7.07. The fourth-order valence-electron chi connectivity index (χ4n) is 4.48. The van der Waals surface area contributed by atoms with Crippen LogP contribution in [-0.4, -0.2) is 38.2 Å². The Bertz CT molecular complexity index is 1330. The quantitative estimate of drug-likeness (QED) is 0.416. The molecule has 30 heavy (non-hydrogen) atoms. The van der Waals surface area contributed by atoms with Gasteiger partial charge in [0, 0.05) is 34.3 Å². The van der Waals surface area contributed by atoms with Crippen molar-refractivity contribution in [1.29, 1.82) is 0 Å². The van der Waals surface area contributed by atoms with E-state index in [0.717, 1.165) is 76.2 Å². The van der Waals surface area contributed by atoms with Crippen LogP contribution >= 0.6 is 0 Å². The van der Waals surface area contributed by atoms with Gasteiger partial charge in [0.15, 0.2) is 0 Å². The number of benzene rings is 1. The zero-order chi connectivity index (χ0) is 19.9. The van der Waals surface area contributed by atoms with Crippen LogP contribution in [0.15, 0.2) is 60.8 Å². The number of nitrogens with zero attached hydrogens (tertiary/aromatic N) is 3. The molecule has 1 aliphatic heterocycles. The molecule has 0 unspecified atom stereocenters. The molecule has 0 atom stereocenters. The summed E-state index contributed by atoms with van der Waals surface area (Å²) in [5.41, 5.74) is 8.03. The van der Waals surface area contributed by atoms with Crippen molar-refractivity contribution >= 4 is 21.9 Å². The van der Waals surface area contributed by atoms with Crippen molar-refractivity contribution in [2.75, 3.05) is 13.1 Å². The Morgan fingerprint density at radius 1 is 0.900 bits per heavy atom. The van der Waals surface area contributed by atoms with E-state index in [1.165, 1.54) is 0 Å². The summed E-state index contributed by atoms with van der Waals surface area (Å²) in [6.45, 7) is 2.11. The maximum atomic E-state index is 5.03. The summed E-state index contributed by atoms with van der Waals surface area (Å²) >= 11 is 0. The van der Waals surface area contributed by atoms with Crippen molar-refractivity contribution in [2.24, 2.45) is 0 Å². The number of pyridine rings is 2. The number of hydrogen-bond acceptors (Lipinski definition) is 4. The molecule has 6 rings (SSSR count). The lowest BCUT2D eigenvalue weighted by Gasteiger charge is -2.22. The number of H-pyrrole nitrogens is 2. The highest BCUT2D eigenvalue weighted by Crippen LogP contribution is 2.33. The Kier molecular flexibility index (Phi) is 4.09. The first-order valence-corrected chi connectivity index (χ1v) is 10.5. The average Bonchev–Trinajstić information content (AvgIpc) is 3.43. The van der Waals surface area contributed by atoms with Gasteiger partial charge in [0.05, 0.1) is 16.9 Å². The van der Waals surface area contributed by atoms with Gasteiger partial charge in [0.1, 0.15) is 11.2 Å². The summed E-state index contributed by atoms with van der Waals surface area (Å²) in [4.78, 5) is 13.1. The highest BCUT2D eigenvalue weighted by Gasteiger charge is 2.19. The number of hydrogen-bond donors (Lipinski definition) is 3. The average molecular weight is 394 g/mol. The van der Waals surface area contributed by atoms with Gasteiger partial charge in [-0.05, 0) is 62.3 Å². The van der Waals surface area contributed by atoms with Crippen molar-refractivity contribution in [1.82, 2.24) is 30.5 Å². The van der Waals surface area contributed by atoms with E-state index in [4.69, 9.17) is 4.98 Å². The second-order valence-electron chi connectivity index (χ2n) is 7.89. The predicted octanol–water partition coefficient (Wildman–Crippen LogP) is 4.64. The molecular formula is C24H22N6. The SMILES string of the molecule is c1ccc(-c2cccc3[nH]c(-c4n[nH]c5ccc(C6CCNCC6)nc45)cc23)nc1. The van der Waals surface area contributed by atoms with Gasteiger partial charge in [-0.1, -0.05) is 18.2 Å². The van der Waals surface area contributed by atoms with Crippen LogP contribution in [0.25, 0.3) is 44.6 Å². The zero-order valence-corrected chi connectivity index (χ0v) is 16.5. The van der Waals surface area contributed by atoms with E-state index in [9.17, 15) is 0 Å². The molecule has 1 aliphatic rings. The number of nitrogens with one attached hydrogen (secondary N) is 3. The normalized spacial score (nSPS) is 15.2. The van der Waals surface area contributed by atoms with Crippen LogP contribution in [-0.2, 0) is 0 Å². The third kappa shape index (κ3) is 2.88. The number of fused-ring (bicyclic) bond motifs is 2. The lowest BCUT2D eigenvalue weighted by Crippen LogP contribution is -2.27. The van der Waals surface area contributed by atoms with Crippen molar-refractivity contribution in [2.45, 2.75) is 18.8 Å². The molecule has 0 amide bonds. The maximum absolute atomic E-state index is 5.03. The van der Waals surface area contributed by atoms with Crippen LogP contribution in [0.5, 0.6) is 0 Å². The molecule has 5 heterocycles. The predicted molar refractivity (Wildman–Crippen MR) is 119 cm³/mol. The minimum absolute atomic E-state index is 0.511. The molecule has 0 aliphatic carbocycles. The van der Waals surface area contributed by atoms with Crippen LogP contribution in [0.2, 0.25) is 0 Å². The number of aromatic amines is 2. The second-order valence-corrected chi connectivity index (χ2v) is 7.89. The largest absolute Gasteiger partial charge is 0.353 e. The summed E-state index contributed by atoms with van der Waals surface area (Å²) in [5, 5.41) is 12.3. The summed E-state index contributed by atoms with van der Waals surface area (Å²) < 4.78 is 0. The molecule has 0 bridgehead atoms.